The Kier molecular flexibility index (Phi) is 6.92. The monoisotopic (exact) mass is 547 g/mol. The van der Waals surface area contributed by atoms with Gasteiger partial charge in [0.2, 0.25) is 21.7 Å². The summed E-state index contributed by atoms with van der Waals surface area (Å²) in [6.07, 6.45) is -0.510. The Labute approximate surface area is 219 Å². The number of nitrogens with one attached hydrogen (secondary N) is 1. The lowest BCUT2D eigenvalue weighted by molar-refractivity contribution is -0.184. The van der Waals surface area contributed by atoms with Crippen LogP contribution in [0, 0.1) is 29.6 Å². The second-order valence-corrected chi connectivity index (χ2v) is 12.0. The van der Waals surface area contributed by atoms with E-state index in [1.54, 1.807) is 14.1 Å². The van der Waals surface area contributed by atoms with E-state index in [0.29, 0.717) is 11.1 Å². The lowest BCUT2D eigenvalue weighted by atomic mass is 9.54. The van der Waals surface area contributed by atoms with Gasteiger partial charge in [-0.15, -0.1) is 0 Å². The number of hydrogen-bond donors (Lipinski definition) is 6. The lowest BCUT2D eigenvalue weighted by Crippen LogP contribution is -2.73. The zero-order valence-electron chi connectivity index (χ0n) is 20.9. The van der Waals surface area contributed by atoms with E-state index in [2.05, 4.69) is 16.6 Å². The third-order valence-corrected chi connectivity index (χ3v) is 8.29. The van der Waals surface area contributed by atoms with Crippen LogP contribution in [-0.4, -0.2) is 95.9 Å². The first-order chi connectivity index (χ1) is 17.6. The summed E-state index contributed by atoms with van der Waals surface area (Å²) in [4.78, 5) is 40.7. The second-order valence-electron chi connectivity index (χ2n) is 10.2. The quantitative estimate of drug-likeness (QED) is 0.181. The van der Waals surface area contributed by atoms with Gasteiger partial charge in [0.15, 0.2) is 11.4 Å². The number of rotatable bonds is 4. The number of nitrogens with zero attached hydrogens (tertiary/aromatic N) is 1. The smallest absolute Gasteiger partial charge is 0.230 e. The molecule has 3 aliphatic carbocycles. The van der Waals surface area contributed by atoms with Crippen molar-refractivity contribution in [2.45, 2.75) is 30.6 Å². The fraction of sp³-hybridized carbons (Fsp3) is 0.480. The molecule has 0 saturated heterocycles. The molecule has 0 radical (unpaired) electrons. The molecular weight excluding hydrogens is 518 g/mol. The number of carbonyl (C=O) groups excluding carboxylic acids is 3. The van der Waals surface area contributed by atoms with Gasteiger partial charge < -0.3 is 31.1 Å². The highest BCUT2D eigenvalue weighted by Crippen LogP contribution is 2.52. The van der Waals surface area contributed by atoms with Crippen LogP contribution < -0.4 is 10.5 Å². The van der Waals surface area contributed by atoms with E-state index in [1.165, 1.54) is 17.0 Å². The zero-order valence-corrected chi connectivity index (χ0v) is 21.7. The Hall–Kier alpha value is -3.28. The molecule has 1 aromatic rings. The van der Waals surface area contributed by atoms with E-state index < -0.39 is 68.8 Å². The van der Waals surface area contributed by atoms with Crippen molar-refractivity contribution < 1.29 is 43.2 Å². The molecule has 0 heterocycles. The van der Waals surface area contributed by atoms with Crippen molar-refractivity contribution in [2.24, 2.45) is 23.5 Å². The number of likely N-dealkylation sites (N-methyl/N-ethyl adjacent to an activating group) is 1. The van der Waals surface area contributed by atoms with E-state index in [-0.39, 0.29) is 36.3 Å². The van der Waals surface area contributed by atoms with Crippen LogP contribution in [0.3, 0.4) is 0 Å². The molecule has 12 nitrogen and oxygen atoms in total. The molecule has 2 unspecified atom stereocenters. The number of aliphatic hydroxyl groups excluding tert-OH is 2. The number of aromatic hydroxyl groups is 1. The highest BCUT2D eigenvalue weighted by atomic mass is 32.2. The third kappa shape index (κ3) is 4.28. The van der Waals surface area contributed by atoms with Gasteiger partial charge in [0, 0.05) is 23.1 Å². The topological polar surface area (TPSA) is 208 Å². The minimum absolute atomic E-state index is 0.0175. The second kappa shape index (κ2) is 9.48. The average Bonchev–Trinajstić information content (AvgIpc) is 2.79. The summed E-state index contributed by atoms with van der Waals surface area (Å²) in [5.74, 6) is -2.70. The maximum Gasteiger partial charge on any atom is 0.230 e. The summed E-state index contributed by atoms with van der Waals surface area (Å²) in [6.45, 7) is -0.176. The summed E-state index contributed by atoms with van der Waals surface area (Å²) in [7, 11) is -0.321. The molecule has 0 bridgehead atoms. The molecule has 1 amide bonds. The van der Waals surface area contributed by atoms with E-state index >= 15 is 0 Å². The maximum atomic E-state index is 13.8. The van der Waals surface area contributed by atoms with Crippen LogP contribution in [0.2, 0.25) is 0 Å². The molecule has 7 N–H and O–H groups in total. The van der Waals surface area contributed by atoms with Crippen molar-refractivity contribution in [1.82, 2.24) is 9.62 Å². The van der Waals surface area contributed by atoms with Crippen LogP contribution >= 0.6 is 0 Å². The first-order valence-corrected chi connectivity index (χ1v) is 13.7. The standard InChI is InChI=1S/C25H29N3O9S/c1-28(2)19-14-10-12-9-13-11(5-4-8-27-38(3,36)37)6-7-15(29)17(13)20(30)16(12)22(32)25(14,35)23(33)18(21(19)31)24(26)34/h6-7,12,14,18-19,21,27,29-31,35H,8-10H2,1-3H3,(H2,26,34)/t12-,14-,18?,19-,21?,25-/m1/s1. The maximum absolute atomic E-state index is 13.8. The van der Waals surface area contributed by atoms with Crippen LogP contribution in [0.4, 0.5) is 0 Å². The van der Waals surface area contributed by atoms with E-state index in [9.17, 15) is 43.2 Å². The van der Waals surface area contributed by atoms with Crippen molar-refractivity contribution >= 4 is 33.3 Å². The molecule has 4 rings (SSSR count). The molecule has 1 aromatic carbocycles. The molecule has 6 atom stereocenters. The van der Waals surface area contributed by atoms with Gasteiger partial charge in [-0.3, -0.25) is 14.4 Å². The van der Waals surface area contributed by atoms with Crippen molar-refractivity contribution in [2.75, 3.05) is 26.9 Å². The Morgan fingerprint density at radius 3 is 2.50 bits per heavy atom. The number of phenolic OH excluding ortho intramolecular Hbond substituents is 1. The predicted molar refractivity (Wildman–Crippen MR) is 134 cm³/mol. The number of phenols is 1. The van der Waals surface area contributed by atoms with Crippen LogP contribution in [-0.2, 0) is 30.8 Å². The molecule has 2 saturated carbocycles. The van der Waals surface area contributed by atoms with Gasteiger partial charge in [0.1, 0.15) is 17.4 Å². The predicted octanol–water partition coefficient (Wildman–Crippen LogP) is -1.97. The highest BCUT2D eigenvalue weighted by molar-refractivity contribution is 7.88. The minimum Gasteiger partial charge on any atom is -0.507 e. The number of fused-ring (bicyclic) bond motifs is 3. The number of Topliss-reactive ketones (excluding diaryl/α,β-unsaturated/α-hetero) is 2. The number of nitrogens with two attached hydrogens (primary N) is 1. The Morgan fingerprint density at radius 2 is 1.92 bits per heavy atom. The number of benzene rings is 1. The summed E-state index contributed by atoms with van der Waals surface area (Å²) >= 11 is 0. The largest absolute Gasteiger partial charge is 0.507 e. The number of hydrogen-bond acceptors (Lipinski definition) is 10. The van der Waals surface area contributed by atoms with Gasteiger partial charge in [-0.25, -0.2) is 13.1 Å². The highest BCUT2D eigenvalue weighted by Gasteiger charge is 2.67. The Morgan fingerprint density at radius 1 is 1.26 bits per heavy atom. The molecule has 3 aliphatic rings. The molecule has 38 heavy (non-hydrogen) atoms. The number of amides is 1. The van der Waals surface area contributed by atoms with Gasteiger partial charge in [-0.05, 0) is 50.6 Å². The van der Waals surface area contributed by atoms with E-state index in [4.69, 9.17) is 5.73 Å². The van der Waals surface area contributed by atoms with Gasteiger partial charge in [-0.2, -0.15) is 0 Å². The Bertz CT molecular complexity index is 1440. The first kappa shape index (κ1) is 27.7. The number of ketones is 2. The van der Waals surface area contributed by atoms with Gasteiger partial charge in [-0.1, -0.05) is 11.8 Å². The molecule has 2 fully saturated rings. The third-order valence-electron chi connectivity index (χ3n) is 7.62. The summed E-state index contributed by atoms with van der Waals surface area (Å²) in [6, 6.07) is 1.76. The summed E-state index contributed by atoms with van der Waals surface area (Å²) < 4.78 is 24.8. The fourth-order valence-corrected chi connectivity index (χ4v) is 6.36. The van der Waals surface area contributed by atoms with Gasteiger partial charge in [0.25, 0.3) is 0 Å². The van der Waals surface area contributed by atoms with E-state index in [0.717, 1.165) is 6.26 Å². The minimum atomic E-state index is -3.46. The number of sulfonamides is 1. The molecule has 204 valence electrons. The van der Waals surface area contributed by atoms with Crippen molar-refractivity contribution in [3.8, 4) is 17.6 Å². The lowest BCUT2D eigenvalue weighted by Gasteiger charge is -2.53. The SMILES string of the molecule is CN(C)[C@H]1C(O)C(C(N)=O)C(=O)[C@]2(O)C(=O)C3=C(O)c4c(O)ccc(C#CCNS(C)(=O)=O)c4C[C@@H]3C[C@H]12. The normalized spacial score (nSPS) is 30.7. The molecule has 13 heteroatoms. The summed E-state index contributed by atoms with van der Waals surface area (Å²) in [5.41, 5.74) is 3.07. The number of primary amides is 1. The number of carbonyl (C=O) groups is 3. The first-order valence-electron chi connectivity index (χ1n) is 11.8. The Balaban J connectivity index is 1.84. The molecule has 0 aromatic heterocycles. The van der Waals surface area contributed by atoms with Crippen LogP contribution in [0.15, 0.2) is 17.7 Å². The van der Waals surface area contributed by atoms with Crippen LogP contribution in [0.5, 0.6) is 5.75 Å². The van der Waals surface area contributed by atoms with Crippen LogP contribution in [0.1, 0.15) is 23.1 Å². The molecule has 0 aliphatic heterocycles. The summed E-state index contributed by atoms with van der Waals surface area (Å²) in [5, 5.41) is 44.2. The zero-order chi connectivity index (χ0) is 28.3. The van der Waals surface area contributed by atoms with Gasteiger partial charge in [0.05, 0.1) is 24.5 Å². The van der Waals surface area contributed by atoms with Crippen molar-refractivity contribution in [1.29, 1.82) is 0 Å². The van der Waals surface area contributed by atoms with Crippen molar-refractivity contribution in [3.63, 3.8) is 0 Å². The molecule has 0 spiro atoms. The van der Waals surface area contributed by atoms with E-state index in [1.807, 2.05) is 0 Å². The number of aliphatic hydroxyl groups is 3. The van der Waals surface area contributed by atoms with Gasteiger partial charge >= 0.3 is 0 Å². The van der Waals surface area contributed by atoms with Crippen LogP contribution in [0.25, 0.3) is 5.76 Å². The molecular formula is C25H29N3O9S. The van der Waals surface area contributed by atoms with Crippen molar-refractivity contribution in [3.05, 3.63) is 34.4 Å². The fourth-order valence-electron chi connectivity index (χ4n) is 6.03. The average molecular weight is 548 g/mol.